The van der Waals surface area contributed by atoms with Gasteiger partial charge in [-0.25, -0.2) is 0 Å². The van der Waals surface area contributed by atoms with E-state index in [0.29, 0.717) is 5.69 Å². The van der Waals surface area contributed by atoms with Crippen molar-refractivity contribution in [2.45, 2.75) is 13.5 Å². The first-order valence-electron chi connectivity index (χ1n) is 7.90. The number of ether oxygens (including phenoxy) is 1. The van der Waals surface area contributed by atoms with E-state index in [-0.39, 0.29) is 18.1 Å². The first-order valence-corrected chi connectivity index (χ1v) is 8.69. The van der Waals surface area contributed by atoms with Crippen LogP contribution >= 0.6 is 15.9 Å². The van der Waals surface area contributed by atoms with Crippen molar-refractivity contribution >= 4 is 27.5 Å². The normalized spacial score (nSPS) is 10.4. The van der Waals surface area contributed by atoms with Crippen LogP contribution in [0.15, 0.2) is 74.5 Å². The van der Waals surface area contributed by atoms with Crippen LogP contribution in [-0.4, -0.2) is 5.91 Å². The molecule has 0 saturated heterocycles. The largest absolute Gasteiger partial charge is 0.482 e. The molecule has 6 heteroatoms. The smallest absolute Gasteiger partial charge is 0.291 e. The van der Waals surface area contributed by atoms with Crippen LogP contribution < -0.4 is 15.5 Å². The van der Waals surface area contributed by atoms with E-state index in [4.69, 9.17) is 9.15 Å². The van der Waals surface area contributed by atoms with Gasteiger partial charge < -0.3 is 14.5 Å². The Bertz CT molecular complexity index is 983. The maximum absolute atomic E-state index is 12.3. The number of hydrogen-bond donors (Lipinski definition) is 1. The van der Waals surface area contributed by atoms with Gasteiger partial charge in [-0.05, 0) is 36.2 Å². The van der Waals surface area contributed by atoms with Crippen LogP contribution in [0, 0.1) is 6.92 Å². The van der Waals surface area contributed by atoms with Crippen LogP contribution in [0.25, 0.3) is 0 Å². The Morgan fingerprint density at radius 1 is 1.15 bits per heavy atom. The Morgan fingerprint density at radius 2 is 1.92 bits per heavy atom. The van der Waals surface area contributed by atoms with E-state index in [1.165, 1.54) is 0 Å². The second-order valence-electron chi connectivity index (χ2n) is 5.67. The van der Waals surface area contributed by atoms with Gasteiger partial charge in [0.2, 0.25) is 11.2 Å². The second-order valence-corrected chi connectivity index (χ2v) is 6.52. The van der Waals surface area contributed by atoms with Gasteiger partial charge >= 0.3 is 0 Å². The van der Waals surface area contributed by atoms with Crippen LogP contribution in [0.5, 0.6) is 5.75 Å². The van der Waals surface area contributed by atoms with Crippen molar-refractivity contribution in [3.05, 3.63) is 92.4 Å². The summed E-state index contributed by atoms with van der Waals surface area (Å²) in [5.74, 6) is -0.522. The zero-order chi connectivity index (χ0) is 18.5. The van der Waals surface area contributed by atoms with Gasteiger partial charge in [-0.15, -0.1) is 0 Å². The van der Waals surface area contributed by atoms with Crippen molar-refractivity contribution in [2.24, 2.45) is 0 Å². The summed E-state index contributed by atoms with van der Waals surface area (Å²) in [4.78, 5) is 24.4. The molecule has 0 aliphatic rings. The third-order valence-electron chi connectivity index (χ3n) is 3.67. The fourth-order valence-corrected chi connectivity index (χ4v) is 2.52. The minimum atomic E-state index is -0.501. The summed E-state index contributed by atoms with van der Waals surface area (Å²) in [6, 6.07) is 16.0. The molecule has 132 valence electrons. The second kappa shape index (κ2) is 8.01. The number of anilines is 1. The summed E-state index contributed by atoms with van der Waals surface area (Å²) >= 11 is 3.40. The third kappa shape index (κ3) is 4.40. The van der Waals surface area contributed by atoms with E-state index in [0.717, 1.165) is 27.9 Å². The van der Waals surface area contributed by atoms with Gasteiger partial charge in [-0.2, -0.15) is 0 Å². The molecule has 0 radical (unpaired) electrons. The fourth-order valence-electron chi connectivity index (χ4n) is 2.27. The Kier molecular flexibility index (Phi) is 5.53. The molecule has 0 aliphatic carbocycles. The Morgan fingerprint density at radius 3 is 2.62 bits per heavy atom. The Hall–Kier alpha value is -2.86. The lowest BCUT2D eigenvalue weighted by Gasteiger charge is -2.08. The molecule has 3 aromatic rings. The van der Waals surface area contributed by atoms with Crippen LogP contribution in [0.2, 0.25) is 0 Å². The fraction of sp³-hybridized carbons (Fsp3) is 0.100. The number of amides is 1. The summed E-state index contributed by atoms with van der Waals surface area (Å²) in [6.45, 7) is 2.16. The number of hydrogen-bond acceptors (Lipinski definition) is 4. The summed E-state index contributed by atoms with van der Waals surface area (Å²) < 4.78 is 11.7. The van der Waals surface area contributed by atoms with Gasteiger partial charge in [0.05, 0.1) is 0 Å². The summed E-state index contributed by atoms with van der Waals surface area (Å²) in [5, 5.41) is 2.70. The molecule has 1 amide bonds. The predicted octanol–water partition coefficient (Wildman–Crippen LogP) is 4.54. The van der Waals surface area contributed by atoms with E-state index in [2.05, 4.69) is 21.2 Å². The monoisotopic (exact) mass is 413 g/mol. The third-order valence-corrected chi connectivity index (χ3v) is 4.56. The molecule has 5 nitrogen and oxygen atoms in total. The molecule has 0 bridgehead atoms. The maximum Gasteiger partial charge on any atom is 0.291 e. The lowest BCUT2D eigenvalue weighted by atomic mass is 10.2. The zero-order valence-electron chi connectivity index (χ0n) is 14.0. The van der Waals surface area contributed by atoms with E-state index >= 15 is 0 Å². The molecule has 0 spiro atoms. The number of aryl methyl sites for hydroxylation is 1. The number of nitrogens with one attached hydrogen (secondary N) is 1. The van der Waals surface area contributed by atoms with E-state index in [1.54, 1.807) is 6.07 Å². The SMILES string of the molecule is Cc1cc(NC(=O)c2cc(=O)c(OCc3ccccc3)co2)ccc1Br. The molecule has 2 aromatic carbocycles. The molecule has 0 atom stereocenters. The minimum Gasteiger partial charge on any atom is -0.482 e. The first kappa shape index (κ1) is 17.9. The van der Waals surface area contributed by atoms with Gasteiger partial charge in [0.25, 0.3) is 5.91 Å². The maximum atomic E-state index is 12.3. The first-order chi connectivity index (χ1) is 12.5. The van der Waals surface area contributed by atoms with Gasteiger partial charge in [-0.3, -0.25) is 9.59 Å². The van der Waals surface area contributed by atoms with Crippen LogP contribution in [-0.2, 0) is 6.61 Å². The molecule has 0 unspecified atom stereocenters. The number of halogens is 1. The van der Waals surface area contributed by atoms with Crippen molar-refractivity contribution in [1.29, 1.82) is 0 Å². The molecular formula is C20H16BrNO4. The number of carbonyl (C=O) groups excluding carboxylic acids is 1. The average molecular weight is 414 g/mol. The zero-order valence-corrected chi connectivity index (χ0v) is 15.6. The highest BCUT2D eigenvalue weighted by atomic mass is 79.9. The molecule has 0 aliphatic heterocycles. The summed E-state index contributed by atoms with van der Waals surface area (Å²) in [5.41, 5.74) is 2.11. The lowest BCUT2D eigenvalue weighted by Crippen LogP contribution is -2.15. The molecule has 3 rings (SSSR count). The number of rotatable bonds is 5. The van der Waals surface area contributed by atoms with Crippen molar-refractivity contribution < 1.29 is 13.9 Å². The molecule has 1 aromatic heterocycles. The van der Waals surface area contributed by atoms with Crippen molar-refractivity contribution in [1.82, 2.24) is 0 Å². The molecule has 0 fully saturated rings. The molecule has 1 heterocycles. The van der Waals surface area contributed by atoms with E-state index in [1.807, 2.05) is 49.4 Å². The van der Waals surface area contributed by atoms with Crippen LogP contribution in [0.4, 0.5) is 5.69 Å². The Balaban J connectivity index is 1.69. The van der Waals surface area contributed by atoms with E-state index in [9.17, 15) is 9.59 Å². The number of carbonyl (C=O) groups is 1. The summed E-state index contributed by atoms with van der Waals surface area (Å²) in [7, 11) is 0. The lowest BCUT2D eigenvalue weighted by molar-refractivity contribution is 0.0993. The molecular weight excluding hydrogens is 398 g/mol. The standard InChI is InChI=1S/C20H16BrNO4/c1-13-9-15(7-8-16(13)21)22-20(24)18-10-17(23)19(12-26-18)25-11-14-5-3-2-4-6-14/h2-10,12H,11H2,1H3,(H,22,24). The van der Waals surface area contributed by atoms with Crippen molar-refractivity contribution in [2.75, 3.05) is 5.32 Å². The van der Waals surface area contributed by atoms with Gasteiger partial charge in [-0.1, -0.05) is 46.3 Å². The van der Waals surface area contributed by atoms with E-state index < -0.39 is 11.3 Å². The van der Waals surface area contributed by atoms with Gasteiger partial charge in [0.1, 0.15) is 12.9 Å². The highest BCUT2D eigenvalue weighted by Gasteiger charge is 2.13. The molecule has 26 heavy (non-hydrogen) atoms. The van der Waals surface area contributed by atoms with Gasteiger partial charge in [0.15, 0.2) is 5.76 Å². The molecule has 0 saturated carbocycles. The Labute approximate surface area is 158 Å². The predicted molar refractivity (Wildman–Crippen MR) is 103 cm³/mol. The van der Waals surface area contributed by atoms with Crippen molar-refractivity contribution in [3.8, 4) is 5.75 Å². The topological polar surface area (TPSA) is 68.5 Å². The highest BCUT2D eigenvalue weighted by Crippen LogP contribution is 2.20. The van der Waals surface area contributed by atoms with Gasteiger partial charge in [0, 0.05) is 16.2 Å². The quantitative estimate of drug-likeness (QED) is 0.666. The number of benzene rings is 2. The average Bonchev–Trinajstić information content (AvgIpc) is 2.64. The van der Waals surface area contributed by atoms with Crippen LogP contribution in [0.3, 0.4) is 0 Å². The minimum absolute atomic E-state index is 0.0601. The van der Waals surface area contributed by atoms with Crippen LogP contribution in [0.1, 0.15) is 21.7 Å². The highest BCUT2D eigenvalue weighted by molar-refractivity contribution is 9.10. The van der Waals surface area contributed by atoms with Crippen molar-refractivity contribution in [3.63, 3.8) is 0 Å². The molecule has 1 N–H and O–H groups in total. The summed E-state index contributed by atoms with van der Waals surface area (Å²) in [6.07, 6.45) is 1.16.